The summed E-state index contributed by atoms with van der Waals surface area (Å²) in [6.07, 6.45) is 1.19. The van der Waals surface area contributed by atoms with Gasteiger partial charge in [0.25, 0.3) is 5.91 Å². The molecule has 0 fully saturated rings. The molecule has 108 valence electrons. The molecule has 1 aromatic heterocycles. The highest BCUT2D eigenvalue weighted by Gasteiger charge is 2.21. The topological polar surface area (TPSA) is 99.4 Å². The van der Waals surface area contributed by atoms with Gasteiger partial charge in [0.2, 0.25) is 6.79 Å². The zero-order chi connectivity index (χ0) is 15.0. The third kappa shape index (κ3) is 2.53. The van der Waals surface area contributed by atoms with Crippen LogP contribution in [0.15, 0.2) is 18.5 Å². The first-order valence-electron chi connectivity index (χ1n) is 5.72. The van der Waals surface area contributed by atoms with Gasteiger partial charge in [-0.05, 0) is 6.07 Å². The number of rotatable bonds is 2. The Hall–Kier alpha value is -2.25. The van der Waals surface area contributed by atoms with Crippen LogP contribution in [0, 0.1) is 0 Å². The molecule has 9 heteroatoms. The molecule has 0 saturated heterocycles. The molecule has 0 saturated carbocycles. The minimum atomic E-state index is -0.498. The van der Waals surface area contributed by atoms with E-state index in [1.54, 1.807) is 0 Å². The predicted octanol–water partition coefficient (Wildman–Crippen LogP) is 2.35. The lowest BCUT2D eigenvalue weighted by Crippen LogP contribution is -2.15. The molecule has 2 aromatic rings. The predicted molar refractivity (Wildman–Crippen MR) is 77.0 cm³/mol. The maximum atomic E-state index is 12.2. The molecular formula is C12H8Cl2N4O3. The first-order chi connectivity index (χ1) is 10.1. The van der Waals surface area contributed by atoms with Crippen molar-refractivity contribution >= 4 is 40.6 Å². The van der Waals surface area contributed by atoms with Crippen LogP contribution in [0.3, 0.4) is 0 Å². The summed E-state index contributed by atoms with van der Waals surface area (Å²) >= 11 is 11.7. The largest absolute Gasteiger partial charge is 0.454 e. The number of carbonyl (C=O) groups is 1. The number of ether oxygens (including phenoxy) is 2. The Kier molecular flexibility index (Phi) is 3.44. The first-order valence-corrected chi connectivity index (χ1v) is 6.48. The Morgan fingerprint density at radius 2 is 1.95 bits per heavy atom. The Labute approximate surface area is 129 Å². The number of amides is 1. The van der Waals surface area contributed by atoms with Crippen LogP contribution < -0.4 is 20.5 Å². The zero-order valence-electron chi connectivity index (χ0n) is 10.4. The number of nitrogen functional groups attached to an aromatic ring is 1. The van der Waals surface area contributed by atoms with Crippen LogP contribution in [0.2, 0.25) is 10.2 Å². The average molecular weight is 327 g/mol. The number of aromatic nitrogens is 2. The first kappa shape index (κ1) is 13.7. The van der Waals surface area contributed by atoms with Gasteiger partial charge in [-0.2, -0.15) is 0 Å². The SMILES string of the molecule is Nc1cc2c(cc1C(=O)Nc1ncnc(Cl)c1Cl)OCO2. The van der Waals surface area contributed by atoms with E-state index in [-0.39, 0.29) is 34.0 Å². The van der Waals surface area contributed by atoms with E-state index >= 15 is 0 Å². The smallest absolute Gasteiger partial charge is 0.259 e. The molecule has 1 aliphatic heterocycles. The van der Waals surface area contributed by atoms with Gasteiger partial charge in [0.05, 0.1) is 5.56 Å². The standard InChI is InChI=1S/C12H8Cl2N4O3/c13-9-10(14)16-3-17-11(9)18-12(19)5-1-7-8(2-6(5)15)21-4-20-7/h1-3H,4,15H2,(H,16,17,18,19). The minimum Gasteiger partial charge on any atom is -0.454 e. The van der Waals surface area contributed by atoms with Gasteiger partial charge in [-0.1, -0.05) is 23.2 Å². The molecule has 0 unspecified atom stereocenters. The molecule has 0 radical (unpaired) electrons. The summed E-state index contributed by atoms with van der Waals surface area (Å²) in [7, 11) is 0. The highest BCUT2D eigenvalue weighted by molar-refractivity contribution is 6.43. The number of benzene rings is 1. The summed E-state index contributed by atoms with van der Waals surface area (Å²) in [5.41, 5.74) is 6.28. The summed E-state index contributed by atoms with van der Waals surface area (Å²) in [5, 5.41) is 2.61. The highest BCUT2D eigenvalue weighted by Crippen LogP contribution is 2.36. The van der Waals surface area contributed by atoms with Crippen LogP contribution in [0.5, 0.6) is 11.5 Å². The normalized spacial score (nSPS) is 12.3. The molecule has 3 N–H and O–H groups in total. The van der Waals surface area contributed by atoms with Gasteiger partial charge in [0, 0.05) is 11.8 Å². The maximum absolute atomic E-state index is 12.2. The summed E-state index contributed by atoms with van der Waals surface area (Å²) in [6, 6.07) is 3.01. The monoisotopic (exact) mass is 326 g/mol. The van der Waals surface area contributed by atoms with Crippen molar-refractivity contribution in [2.75, 3.05) is 17.8 Å². The van der Waals surface area contributed by atoms with Crippen LogP contribution in [-0.2, 0) is 0 Å². The van der Waals surface area contributed by atoms with Crippen molar-refractivity contribution in [2.45, 2.75) is 0 Å². The van der Waals surface area contributed by atoms with Crippen molar-refractivity contribution in [3.05, 3.63) is 34.2 Å². The van der Waals surface area contributed by atoms with Crippen LogP contribution in [-0.4, -0.2) is 22.7 Å². The van der Waals surface area contributed by atoms with Crippen LogP contribution in [0.4, 0.5) is 11.5 Å². The summed E-state index contributed by atoms with van der Waals surface area (Å²) in [5.74, 6) is 0.537. The fourth-order valence-electron chi connectivity index (χ4n) is 1.76. The number of nitrogens with zero attached hydrogens (tertiary/aromatic N) is 2. The van der Waals surface area contributed by atoms with Gasteiger partial charge in [-0.3, -0.25) is 4.79 Å². The molecular weight excluding hydrogens is 319 g/mol. The summed E-state index contributed by atoms with van der Waals surface area (Å²) in [6.45, 7) is 0.0905. The van der Waals surface area contributed by atoms with Gasteiger partial charge in [0.1, 0.15) is 11.3 Å². The van der Waals surface area contributed by atoms with Crippen LogP contribution in [0.1, 0.15) is 10.4 Å². The van der Waals surface area contributed by atoms with E-state index in [4.69, 9.17) is 38.4 Å². The molecule has 7 nitrogen and oxygen atoms in total. The maximum Gasteiger partial charge on any atom is 0.259 e. The van der Waals surface area contributed by atoms with Crippen LogP contribution >= 0.6 is 23.2 Å². The molecule has 0 spiro atoms. The molecule has 0 bridgehead atoms. The van der Waals surface area contributed by atoms with E-state index in [9.17, 15) is 4.79 Å². The van der Waals surface area contributed by atoms with Gasteiger partial charge >= 0.3 is 0 Å². The van der Waals surface area contributed by atoms with Crippen molar-refractivity contribution in [3.8, 4) is 11.5 Å². The number of carbonyl (C=O) groups excluding carboxylic acids is 1. The van der Waals surface area contributed by atoms with E-state index in [2.05, 4.69) is 15.3 Å². The molecule has 3 rings (SSSR count). The van der Waals surface area contributed by atoms with Gasteiger partial charge in [-0.25, -0.2) is 9.97 Å². The molecule has 0 aliphatic carbocycles. The number of hydrogen-bond acceptors (Lipinski definition) is 6. The minimum absolute atomic E-state index is 0.0422. The molecule has 21 heavy (non-hydrogen) atoms. The molecule has 0 atom stereocenters. The number of nitrogens with one attached hydrogen (secondary N) is 1. The lowest BCUT2D eigenvalue weighted by molar-refractivity contribution is 0.102. The van der Waals surface area contributed by atoms with E-state index < -0.39 is 5.91 Å². The lowest BCUT2D eigenvalue weighted by Gasteiger charge is -2.09. The van der Waals surface area contributed by atoms with Crippen molar-refractivity contribution in [3.63, 3.8) is 0 Å². The number of nitrogens with two attached hydrogens (primary N) is 1. The number of fused-ring (bicyclic) bond motifs is 1. The Bertz CT molecular complexity index is 739. The molecule has 2 heterocycles. The zero-order valence-corrected chi connectivity index (χ0v) is 11.9. The van der Waals surface area contributed by atoms with Gasteiger partial charge < -0.3 is 20.5 Å². The number of halogens is 2. The Morgan fingerprint density at radius 1 is 1.24 bits per heavy atom. The number of anilines is 2. The van der Waals surface area contributed by atoms with E-state index in [1.807, 2.05) is 0 Å². The molecule has 1 amide bonds. The van der Waals surface area contributed by atoms with E-state index in [0.29, 0.717) is 11.5 Å². The second-order valence-corrected chi connectivity index (χ2v) is 4.81. The van der Waals surface area contributed by atoms with Crippen LogP contribution in [0.25, 0.3) is 0 Å². The fourth-order valence-corrected chi connectivity index (χ4v) is 2.04. The third-order valence-corrected chi connectivity index (χ3v) is 3.51. The van der Waals surface area contributed by atoms with Gasteiger partial charge in [0.15, 0.2) is 22.5 Å². The highest BCUT2D eigenvalue weighted by atomic mass is 35.5. The molecule has 1 aromatic carbocycles. The Morgan fingerprint density at radius 3 is 2.71 bits per heavy atom. The lowest BCUT2D eigenvalue weighted by atomic mass is 10.1. The van der Waals surface area contributed by atoms with E-state index in [1.165, 1.54) is 18.5 Å². The van der Waals surface area contributed by atoms with Crippen molar-refractivity contribution in [1.82, 2.24) is 9.97 Å². The average Bonchev–Trinajstić information content (AvgIpc) is 2.90. The quantitative estimate of drug-likeness (QED) is 0.649. The van der Waals surface area contributed by atoms with Gasteiger partial charge in [-0.15, -0.1) is 0 Å². The molecule has 1 aliphatic rings. The summed E-state index contributed by atoms with van der Waals surface area (Å²) in [4.78, 5) is 19.8. The number of hydrogen-bond donors (Lipinski definition) is 2. The second-order valence-electron chi connectivity index (χ2n) is 4.07. The van der Waals surface area contributed by atoms with Crippen molar-refractivity contribution in [2.24, 2.45) is 0 Å². The van der Waals surface area contributed by atoms with Crippen molar-refractivity contribution < 1.29 is 14.3 Å². The second kappa shape index (κ2) is 5.27. The third-order valence-electron chi connectivity index (χ3n) is 2.77. The Balaban J connectivity index is 1.91. The summed E-state index contributed by atoms with van der Waals surface area (Å²) < 4.78 is 10.4. The van der Waals surface area contributed by atoms with E-state index in [0.717, 1.165) is 0 Å². The fraction of sp³-hybridized carbons (Fsp3) is 0.0833. The van der Waals surface area contributed by atoms with Crippen molar-refractivity contribution in [1.29, 1.82) is 0 Å².